The van der Waals surface area contributed by atoms with Crippen molar-refractivity contribution in [3.63, 3.8) is 0 Å². The molecule has 0 saturated heterocycles. The van der Waals surface area contributed by atoms with Gasteiger partial charge in [-0.2, -0.15) is 5.26 Å². The van der Waals surface area contributed by atoms with Gasteiger partial charge < -0.3 is 10.6 Å². The monoisotopic (exact) mass is 370 g/mol. The van der Waals surface area contributed by atoms with E-state index in [0.29, 0.717) is 11.4 Å². The summed E-state index contributed by atoms with van der Waals surface area (Å²) in [5.41, 5.74) is 2.97. The highest BCUT2D eigenvalue weighted by molar-refractivity contribution is 7.89. The molecule has 134 valence electrons. The number of aryl methyl sites for hydroxylation is 2. The first-order valence-electron chi connectivity index (χ1n) is 7.59. The van der Waals surface area contributed by atoms with Gasteiger partial charge in [0, 0.05) is 17.6 Å². The van der Waals surface area contributed by atoms with Crippen molar-refractivity contribution in [2.75, 3.05) is 10.6 Å². The lowest BCUT2D eigenvalue weighted by atomic mass is 10.1. The Morgan fingerprint density at radius 1 is 1.15 bits per heavy atom. The second-order valence-electron chi connectivity index (χ2n) is 5.66. The number of nitrogens with zero attached hydrogens (tertiary/aromatic N) is 1. The number of nitriles is 1. The summed E-state index contributed by atoms with van der Waals surface area (Å²) in [6.07, 6.45) is 1.25. The smallest absolute Gasteiger partial charge is 0.267 e. The third-order valence-electron chi connectivity index (χ3n) is 3.56. The minimum atomic E-state index is -3.77. The highest BCUT2D eigenvalue weighted by Crippen LogP contribution is 2.17. The van der Waals surface area contributed by atoms with Crippen LogP contribution in [0, 0.1) is 25.2 Å². The maximum atomic E-state index is 12.2. The van der Waals surface area contributed by atoms with Gasteiger partial charge in [0.15, 0.2) is 0 Å². The molecule has 26 heavy (non-hydrogen) atoms. The van der Waals surface area contributed by atoms with E-state index in [9.17, 15) is 18.5 Å². The Morgan fingerprint density at radius 2 is 1.81 bits per heavy atom. The van der Waals surface area contributed by atoms with Crippen LogP contribution in [0.15, 0.2) is 59.1 Å². The second-order valence-corrected chi connectivity index (χ2v) is 7.22. The molecule has 2 rings (SSSR count). The number of carbonyl (C=O) groups is 1. The number of benzene rings is 2. The standard InChI is InChI=1S/C18H18N4O3S/c1-12-3-8-17(13(2)9-12)22-18(23)14(10-19)11-21-15-4-6-16(7-5-15)26(20,24)25/h3-9,11,21H,1-2H3,(H,22,23)(H2,20,24,25)/b14-11-. The van der Waals surface area contributed by atoms with Crippen molar-refractivity contribution < 1.29 is 13.2 Å². The van der Waals surface area contributed by atoms with Crippen LogP contribution >= 0.6 is 0 Å². The fraction of sp³-hybridized carbons (Fsp3) is 0.111. The van der Waals surface area contributed by atoms with E-state index in [4.69, 9.17) is 5.14 Å². The first-order valence-corrected chi connectivity index (χ1v) is 9.13. The molecule has 0 bridgehead atoms. The fourth-order valence-electron chi connectivity index (χ4n) is 2.19. The zero-order valence-corrected chi connectivity index (χ0v) is 15.1. The van der Waals surface area contributed by atoms with Crippen LogP contribution in [0.4, 0.5) is 11.4 Å². The molecule has 7 nitrogen and oxygen atoms in total. The summed E-state index contributed by atoms with van der Waals surface area (Å²) in [5, 5.41) is 19.7. The molecule has 4 N–H and O–H groups in total. The van der Waals surface area contributed by atoms with Crippen molar-refractivity contribution in [1.29, 1.82) is 5.26 Å². The number of primary sulfonamides is 1. The molecular weight excluding hydrogens is 352 g/mol. The topological polar surface area (TPSA) is 125 Å². The summed E-state index contributed by atoms with van der Waals surface area (Å²) >= 11 is 0. The Balaban J connectivity index is 2.12. The molecule has 0 fully saturated rings. The molecule has 8 heteroatoms. The summed E-state index contributed by atoms with van der Waals surface area (Å²) in [6, 6.07) is 13.0. The Labute approximate surface area is 152 Å². The van der Waals surface area contributed by atoms with Crippen LogP contribution in [0.3, 0.4) is 0 Å². The minimum absolute atomic E-state index is 0.0277. The number of nitrogens with one attached hydrogen (secondary N) is 2. The lowest BCUT2D eigenvalue weighted by molar-refractivity contribution is -0.112. The van der Waals surface area contributed by atoms with E-state index in [-0.39, 0.29) is 10.5 Å². The van der Waals surface area contributed by atoms with Crippen LogP contribution in [-0.2, 0) is 14.8 Å². The molecule has 0 aliphatic rings. The lowest BCUT2D eigenvalue weighted by Gasteiger charge is -2.09. The molecule has 2 aromatic carbocycles. The van der Waals surface area contributed by atoms with Gasteiger partial charge in [-0.3, -0.25) is 4.79 Å². The number of sulfonamides is 1. The van der Waals surface area contributed by atoms with Crippen molar-refractivity contribution in [2.45, 2.75) is 18.7 Å². The average molecular weight is 370 g/mol. The quantitative estimate of drug-likeness (QED) is 0.550. The summed E-state index contributed by atoms with van der Waals surface area (Å²) in [7, 11) is -3.77. The zero-order valence-electron chi connectivity index (χ0n) is 14.3. The molecule has 2 aromatic rings. The number of rotatable bonds is 5. The fourth-order valence-corrected chi connectivity index (χ4v) is 2.70. The van der Waals surface area contributed by atoms with Crippen molar-refractivity contribution in [3.8, 4) is 6.07 Å². The van der Waals surface area contributed by atoms with Gasteiger partial charge in [0.1, 0.15) is 11.6 Å². The maximum Gasteiger partial charge on any atom is 0.267 e. The Kier molecular flexibility index (Phi) is 5.77. The van der Waals surface area contributed by atoms with E-state index < -0.39 is 15.9 Å². The van der Waals surface area contributed by atoms with Crippen LogP contribution < -0.4 is 15.8 Å². The predicted octanol–water partition coefficient (Wildman–Crippen LogP) is 2.41. The van der Waals surface area contributed by atoms with Crippen molar-refractivity contribution >= 4 is 27.3 Å². The molecular formula is C18H18N4O3S. The SMILES string of the molecule is Cc1ccc(NC(=O)/C(C#N)=C\Nc2ccc(S(N)(=O)=O)cc2)c(C)c1. The predicted molar refractivity (Wildman–Crippen MR) is 99.7 cm³/mol. The highest BCUT2D eigenvalue weighted by atomic mass is 32.2. The van der Waals surface area contributed by atoms with Gasteiger partial charge in [-0.1, -0.05) is 17.7 Å². The summed E-state index contributed by atoms with van der Waals surface area (Å²) in [5.74, 6) is -0.548. The van der Waals surface area contributed by atoms with Gasteiger partial charge in [0.05, 0.1) is 4.90 Å². The molecule has 0 aliphatic carbocycles. The van der Waals surface area contributed by atoms with Crippen LogP contribution in [0.2, 0.25) is 0 Å². The average Bonchev–Trinajstić information content (AvgIpc) is 2.57. The number of carbonyl (C=O) groups excluding carboxylic acids is 1. The highest BCUT2D eigenvalue weighted by Gasteiger charge is 2.11. The maximum absolute atomic E-state index is 12.2. The van der Waals surface area contributed by atoms with Crippen LogP contribution in [0.1, 0.15) is 11.1 Å². The van der Waals surface area contributed by atoms with Crippen molar-refractivity contribution in [3.05, 3.63) is 65.4 Å². The van der Waals surface area contributed by atoms with Gasteiger partial charge in [-0.15, -0.1) is 0 Å². The van der Waals surface area contributed by atoms with Gasteiger partial charge >= 0.3 is 0 Å². The summed E-state index contributed by atoms with van der Waals surface area (Å²) in [6.45, 7) is 3.81. The van der Waals surface area contributed by atoms with E-state index in [0.717, 1.165) is 11.1 Å². The molecule has 0 heterocycles. The molecule has 0 atom stereocenters. The largest absolute Gasteiger partial charge is 0.360 e. The lowest BCUT2D eigenvalue weighted by Crippen LogP contribution is -2.15. The number of amides is 1. The summed E-state index contributed by atoms with van der Waals surface area (Å²) in [4.78, 5) is 12.2. The number of hydrogen-bond donors (Lipinski definition) is 3. The van der Waals surface area contributed by atoms with E-state index in [1.165, 1.54) is 30.5 Å². The van der Waals surface area contributed by atoms with E-state index in [1.54, 1.807) is 6.07 Å². The zero-order chi connectivity index (χ0) is 19.3. The molecule has 0 radical (unpaired) electrons. The molecule has 0 aliphatic heterocycles. The third-order valence-corrected chi connectivity index (χ3v) is 4.49. The van der Waals surface area contributed by atoms with Crippen LogP contribution in [-0.4, -0.2) is 14.3 Å². The molecule has 1 amide bonds. The Morgan fingerprint density at radius 3 is 2.35 bits per heavy atom. The number of hydrogen-bond acceptors (Lipinski definition) is 5. The Hall–Kier alpha value is -3.15. The third kappa shape index (κ3) is 4.92. The molecule has 0 unspecified atom stereocenters. The molecule has 0 spiro atoms. The van der Waals surface area contributed by atoms with Crippen molar-refractivity contribution in [1.82, 2.24) is 0 Å². The number of nitrogens with two attached hydrogens (primary N) is 1. The van der Waals surface area contributed by atoms with Crippen LogP contribution in [0.25, 0.3) is 0 Å². The Bertz CT molecular complexity index is 1000. The van der Waals surface area contributed by atoms with Crippen LogP contribution in [0.5, 0.6) is 0 Å². The van der Waals surface area contributed by atoms with Gasteiger partial charge in [-0.05, 0) is 49.7 Å². The number of anilines is 2. The van der Waals surface area contributed by atoms with E-state index >= 15 is 0 Å². The summed E-state index contributed by atoms with van der Waals surface area (Å²) < 4.78 is 22.4. The molecule has 0 saturated carbocycles. The second kappa shape index (κ2) is 7.82. The van der Waals surface area contributed by atoms with E-state index in [1.807, 2.05) is 32.0 Å². The normalized spacial score (nSPS) is 11.5. The van der Waals surface area contributed by atoms with Gasteiger partial charge in [0.25, 0.3) is 5.91 Å². The van der Waals surface area contributed by atoms with Gasteiger partial charge in [-0.25, -0.2) is 13.6 Å². The minimum Gasteiger partial charge on any atom is -0.360 e. The van der Waals surface area contributed by atoms with Gasteiger partial charge in [0.2, 0.25) is 10.0 Å². The first kappa shape index (κ1) is 19.2. The van der Waals surface area contributed by atoms with Crippen molar-refractivity contribution in [2.24, 2.45) is 5.14 Å². The van der Waals surface area contributed by atoms with E-state index in [2.05, 4.69) is 10.6 Å². The first-order chi connectivity index (χ1) is 12.2. The molecule has 0 aromatic heterocycles.